The number of fused-ring (bicyclic) bond motifs is 1. The number of hydrogen-bond acceptors (Lipinski definition) is 3. The molecule has 0 aliphatic carbocycles. The largest absolute Gasteiger partial charge is 0.496 e. The Kier molecular flexibility index (Phi) is 4.02. The summed E-state index contributed by atoms with van der Waals surface area (Å²) in [6.07, 6.45) is 0. The van der Waals surface area contributed by atoms with Gasteiger partial charge >= 0.3 is 0 Å². The van der Waals surface area contributed by atoms with Crippen molar-refractivity contribution in [3.8, 4) is 5.75 Å². The van der Waals surface area contributed by atoms with Crippen molar-refractivity contribution in [2.75, 3.05) is 12.4 Å². The molecule has 0 bridgehead atoms. The number of nitrogens with zero attached hydrogens (tertiary/aromatic N) is 1. The number of benzene rings is 2. The number of rotatable bonds is 4. The van der Waals surface area contributed by atoms with Gasteiger partial charge in [-0.15, -0.1) is 0 Å². The lowest BCUT2D eigenvalue weighted by Gasteiger charge is -2.09. The zero-order chi connectivity index (χ0) is 16.4. The highest BCUT2D eigenvalue weighted by molar-refractivity contribution is 6.06. The third-order valence-corrected chi connectivity index (χ3v) is 3.66. The highest BCUT2D eigenvalue weighted by atomic mass is 16.5. The molecule has 0 unspecified atom stereocenters. The van der Waals surface area contributed by atoms with Crippen LogP contribution in [0.1, 0.15) is 35.9 Å². The van der Waals surface area contributed by atoms with Crippen molar-refractivity contribution < 1.29 is 9.53 Å². The fourth-order valence-electron chi connectivity index (χ4n) is 2.41. The van der Waals surface area contributed by atoms with E-state index >= 15 is 0 Å². The molecule has 1 amide bonds. The molecule has 3 aromatic rings. The zero-order valence-electron chi connectivity index (χ0n) is 13.4. The number of hydrogen-bond donors (Lipinski definition) is 2. The van der Waals surface area contributed by atoms with E-state index in [1.54, 1.807) is 19.2 Å². The minimum atomic E-state index is -0.203. The van der Waals surface area contributed by atoms with Crippen LogP contribution in [-0.4, -0.2) is 23.0 Å². The van der Waals surface area contributed by atoms with Crippen LogP contribution < -0.4 is 10.1 Å². The maximum Gasteiger partial charge on any atom is 0.259 e. The van der Waals surface area contributed by atoms with Gasteiger partial charge in [-0.1, -0.05) is 26.0 Å². The Hall–Kier alpha value is -2.82. The number of nitrogens with one attached hydrogen (secondary N) is 2. The van der Waals surface area contributed by atoms with Gasteiger partial charge in [0, 0.05) is 11.6 Å². The molecule has 0 aliphatic rings. The summed E-state index contributed by atoms with van der Waals surface area (Å²) >= 11 is 0. The molecular formula is C18H19N3O2. The SMILES string of the molecule is COc1ccccc1C(=O)Nc1ccc2nc(C(C)C)[nH]c2c1. The van der Waals surface area contributed by atoms with Gasteiger partial charge < -0.3 is 15.0 Å². The van der Waals surface area contributed by atoms with Crippen LogP contribution in [0.2, 0.25) is 0 Å². The molecule has 1 aromatic heterocycles. The molecule has 118 valence electrons. The highest BCUT2D eigenvalue weighted by Gasteiger charge is 2.12. The highest BCUT2D eigenvalue weighted by Crippen LogP contribution is 2.22. The molecule has 0 saturated heterocycles. The number of methoxy groups -OCH3 is 1. The lowest BCUT2D eigenvalue weighted by molar-refractivity contribution is 0.102. The first-order chi connectivity index (χ1) is 11.1. The van der Waals surface area contributed by atoms with Gasteiger partial charge in [0.05, 0.1) is 23.7 Å². The minimum Gasteiger partial charge on any atom is -0.496 e. The standard InChI is InChI=1S/C18H19N3O2/c1-11(2)17-20-14-9-8-12(10-15(14)21-17)19-18(22)13-6-4-5-7-16(13)23-3/h4-11H,1-3H3,(H,19,22)(H,20,21). The predicted molar refractivity (Wildman–Crippen MR) is 91.1 cm³/mol. The van der Waals surface area contributed by atoms with Gasteiger partial charge in [-0.05, 0) is 30.3 Å². The van der Waals surface area contributed by atoms with Crippen LogP contribution in [0.5, 0.6) is 5.75 Å². The number of carbonyl (C=O) groups is 1. The van der Waals surface area contributed by atoms with Crippen molar-refractivity contribution in [3.63, 3.8) is 0 Å². The molecule has 3 rings (SSSR count). The predicted octanol–water partition coefficient (Wildman–Crippen LogP) is 3.95. The maximum absolute atomic E-state index is 12.4. The third-order valence-electron chi connectivity index (χ3n) is 3.66. The summed E-state index contributed by atoms with van der Waals surface area (Å²) in [6.45, 7) is 4.17. The molecule has 0 aliphatic heterocycles. The Morgan fingerprint density at radius 2 is 2.00 bits per heavy atom. The molecule has 0 atom stereocenters. The van der Waals surface area contributed by atoms with Gasteiger partial charge in [0.2, 0.25) is 0 Å². The number of ether oxygens (including phenoxy) is 1. The van der Waals surface area contributed by atoms with Crippen molar-refractivity contribution >= 4 is 22.6 Å². The molecule has 23 heavy (non-hydrogen) atoms. The maximum atomic E-state index is 12.4. The number of para-hydroxylation sites is 1. The molecule has 0 spiro atoms. The summed E-state index contributed by atoms with van der Waals surface area (Å²) in [5.74, 6) is 1.61. The van der Waals surface area contributed by atoms with Crippen molar-refractivity contribution in [2.45, 2.75) is 19.8 Å². The first-order valence-electron chi connectivity index (χ1n) is 7.52. The second-order valence-electron chi connectivity index (χ2n) is 5.66. The Bertz CT molecular complexity index is 852. The fourth-order valence-corrected chi connectivity index (χ4v) is 2.41. The van der Waals surface area contributed by atoms with Crippen LogP contribution in [-0.2, 0) is 0 Å². The number of H-pyrrole nitrogens is 1. The lowest BCUT2D eigenvalue weighted by Crippen LogP contribution is -2.13. The number of imidazole rings is 1. The van der Waals surface area contributed by atoms with E-state index in [-0.39, 0.29) is 5.91 Å². The van der Waals surface area contributed by atoms with Gasteiger partial charge in [0.1, 0.15) is 11.6 Å². The van der Waals surface area contributed by atoms with Crippen LogP contribution in [0.25, 0.3) is 11.0 Å². The molecule has 5 nitrogen and oxygen atoms in total. The Morgan fingerprint density at radius 1 is 1.22 bits per heavy atom. The van der Waals surface area contributed by atoms with Gasteiger partial charge in [0.25, 0.3) is 5.91 Å². The van der Waals surface area contributed by atoms with E-state index in [1.165, 1.54) is 0 Å². The lowest BCUT2D eigenvalue weighted by atomic mass is 10.2. The van der Waals surface area contributed by atoms with Gasteiger partial charge in [-0.25, -0.2) is 4.98 Å². The van der Waals surface area contributed by atoms with Crippen LogP contribution in [0.3, 0.4) is 0 Å². The van der Waals surface area contributed by atoms with E-state index in [4.69, 9.17) is 4.74 Å². The third kappa shape index (κ3) is 3.04. The van der Waals surface area contributed by atoms with Crippen LogP contribution in [0, 0.1) is 0 Å². The van der Waals surface area contributed by atoms with E-state index in [2.05, 4.69) is 29.1 Å². The smallest absolute Gasteiger partial charge is 0.259 e. The normalized spacial score (nSPS) is 11.0. The van der Waals surface area contributed by atoms with Crippen molar-refractivity contribution in [1.82, 2.24) is 9.97 Å². The average Bonchev–Trinajstić information content (AvgIpc) is 2.98. The molecule has 0 saturated carbocycles. The van der Waals surface area contributed by atoms with E-state index in [0.717, 1.165) is 16.9 Å². The Morgan fingerprint density at radius 3 is 2.74 bits per heavy atom. The van der Waals surface area contributed by atoms with E-state index in [9.17, 15) is 4.79 Å². The summed E-state index contributed by atoms with van der Waals surface area (Å²) in [6, 6.07) is 12.8. The number of carbonyl (C=O) groups excluding carboxylic acids is 1. The Balaban J connectivity index is 1.87. The van der Waals surface area contributed by atoms with E-state index in [1.807, 2.05) is 30.3 Å². The zero-order valence-corrected chi connectivity index (χ0v) is 13.4. The summed E-state index contributed by atoms with van der Waals surface area (Å²) in [7, 11) is 1.55. The fraction of sp³-hybridized carbons (Fsp3) is 0.222. The molecule has 0 radical (unpaired) electrons. The number of aromatic amines is 1. The summed E-state index contributed by atoms with van der Waals surface area (Å²) in [5.41, 5.74) is 3.02. The molecule has 0 fully saturated rings. The first-order valence-corrected chi connectivity index (χ1v) is 7.52. The van der Waals surface area contributed by atoms with Crippen LogP contribution >= 0.6 is 0 Å². The summed E-state index contributed by atoms with van der Waals surface area (Å²) < 4.78 is 5.23. The summed E-state index contributed by atoms with van der Waals surface area (Å²) in [5, 5.41) is 2.90. The van der Waals surface area contributed by atoms with E-state index < -0.39 is 0 Å². The van der Waals surface area contributed by atoms with Gasteiger partial charge in [0.15, 0.2) is 0 Å². The first kappa shape index (κ1) is 15.1. The quantitative estimate of drug-likeness (QED) is 0.767. The van der Waals surface area contributed by atoms with Crippen molar-refractivity contribution in [3.05, 3.63) is 53.9 Å². The average molecular weight is 309 g/mol. The van der Waals surface area contributed by atoms with Crippen LogP contribution in [0.4, 0.5) is 5.69 Å². The minimum absolute atomic E-state index is 0.203. The topological polar surface area (TPSA) is 67.0 Å². The van der Waals surface area contributed by atoms with Crippen molar-refractivity contribution in [2.24, 2.45) is 0 Å². The molecular weight excluding hydrogens is 290 g/mol. The molecule has 1 heterocycles. The van der Waals surface area contributed by atoms with Gasteiger partial charge in [-0.3, -0.25) is 4.79 Å². The molecule has 2 N–H and O–H groups in total. The number of amides is 1. The van der Waals surface area contributed by atoms with Crippen LogP contribution in [0.15, 0.2) is 42.5 Å². The second-order valence-corrected chi connectivity index (χ2v) is 5.66. The number of aromatic nitrogens is 2. The van der Waals surface area contributed by atoms with Gasteiger partial charge in [-0.2, -0.15) is 0 Å². The number of anilines is 1. The Labute approximate surface area is 134 Å². The molecule has 5 heteroatoms. The van der Waals surface area contributed by atoms with Crippen molar-refractivity contribution in [1.29, 1.82) is 0 Å². The second kappa shape index (κ2) is 6.12. The summed E-state index contributed by atoms with van der Waals surface area (Å²) in [4.78, 5) is 20.2. The monoisotopic (exact) mass is 309 g/mol. The van der Waals surface area contributed by atoms with E-state index in [0.29, 0.717) is 22.9 Å². The molecule has 2 aromatic carbocycles.